The summed E-state index contributed by atoms with van der Waals surface area (Å²) >= 11 is 1.65. The van der Waals surface area contributed by atoms with Gasteiger partial charge in [-0.3, -0.25) is 0 Å². The minimum Gasteiger partial charge on any atom is -0.543 e. The van der Waals surface area contributed by atoms with E-state index in [0.717, 1.165) is 21.8 Å². The van der Waals surface area contributed by atoms with E-state index in [1.165, 1.54) is 11.1 Å². The summed E-state index contributed by atoms with van der Waals surface area (Å²) in [6.07, 6.45) is 2.07. The first-order valence-corrected chi connectivity index (χ1v) is 13.5. The molecule has 0 amide bonds. The Morgan fingerprint density at radius 1 is 0.857 bits per heavy atom. The highest BCUT2D eigenvalue weighted by Crippen LogP contribution is 2.45. The normalized spacial score (nSPS) is 12.5. The number of fused-ring (bicyclic) bond motifs is 1. The van der Waals surface area contributed by atoms with Crippen LogP contribution in [0.1, 0.15) is 41.5 Å². The third-order valence-electron chi connectivity index (χ3n) is 5.88. The van der Waals surface area contributed by atoms with Gasteiger partial charge < -0.3 is 8.84 Å². The van der Waals surface area contributed by atoms with Crippen LogP contribution < -0.4 is 4.43 Å². The van der Waals surface area contributed by atoms with Gasteiger partial charge in [-0.15, -0.1) is 0 Å². The quantitative estimate of drug-likeness (QED) is 0.287. The first-order valence-electron chi connectivity index (χ1n) is 10.2. The second-order valence-electron chi connectivity index (χ2n) is 8.41. The monoisotopic (exact) mass is 412 g/mol. The van der Waals surface area contributed by atoms with Crippen LogP contribution in [0.2, 0.25) is 16.6 Å². The van der Waals surface area contributed by atoms with Gasteiger partial charge in [0.05, 0.1) is 0 Å². The number of hydrogen-bond donors (Lipinski definition) is 0. The van der Waals surface area contributed by atoms with E-state index in [4.69, 9.17) is 8.84 Å². The molecule has 0 spiro atoms. The van der Waals surface area contributed by atoms with Gasteiger partial charge in [-0.05, 0) is 46.6 Å². The molecule has 0 N–H and O–H groups in total. The molecule has 0 aliphatic rings. The number of rotatable bonds is 7. The molecule has 28 heavy (non-hydrogen) atoms. The number of benzene rings is 2. The molecule has 150 valence electrons. The molecule has 1 heterocycles. The molecule has 4 heteroatoms. The van der Waals surface area contributed by atoms with E-state index in [2.05, 4.69) is 90.3 Å². The Hall–Kier alpha value is -1.65. The van der Waals surface area contributed by atoms with Crippen LogP contribution in [0.25, 0.3) is 22.1 Å². The summed E-state index contributed by atoms with van der Waals surface area (Å²) in [7, 11) is -1.99. The molecular formula is C24H32O2SSi. The summed E-state index contributed by atoms with van der Waals surface area (Å²) in [5.41, 5.74) is 4.90. The second kappa shape index (κ2) is 8.38. The molecule has 0 atom stereocenters. The molecule has 3 rings (SSSR count). The van der Waals surface area contributed by atoms with Gasteiger partial charge in [-0.2, -0.15) is 0 Å². The van der Waals surface area contributed by atoms with Crippen molar-refractivity contribution in [3.8, 4) is 16.9 Å². The highest BCUT2D eigenvalue weighted by Gasteiger charge is 2.47. The van der Waals surface area contributed by atoms with Gasteiger partial charge >= 0.3 is 0 Å². The Morgan fingerprint density at radius 2 is 1.46 bits per heavy atom. The van der Waals surface area contributed by atoms with E-state index in [0.29, 0.717) is 16.6 Å². The Morgan fingerprint density at radius 3 is 2.00 bits per heavy atom. The van der Waals surface area contributed by atoms with Crippen molar-refractivity contribution < 1.29 is 8.84 Å². The molecule has 0 bridgehead atoms. The summed E-state index contributed by atoms with van der Waals surface area (Å²) in [5, 5.41) is 2.09. The topological polar surface area (TPSA) is 22.4 Å². The molecule has 0 saturated heterocycles. The van der Waals surface area contributed by atoms with Gasteiger partial charge in [0.25, 0.3) is 8.32 Å². The van der Waals surface area contributed by atoms with E-state index in [1.807, 2.05) is 6.07 Å². The van der Waals surface area contributed by atoms with E-state index in [9.17, 15) is 0 Å². The molecule has 3 aromatic rings. The zero-order chi connectivity index (χ0) is 20.5. The lowest BCUT2D eigenvalue weighted by molar-refractivity contribution is 0.479. The van der Waals surface area contributed by atoms with Crippen molar-refractivity contribution in [2.24, 2.45) is 0 Å². The average molecular weight is 413 g/mol. The van der Waals surface area contributed by atoms with E-state index in [-0.39, 0.29) is 0 Å². The molecular weight excluding hydrogens is 380 g/mol. The number of thioether (sulfide) groups is 1. The Labute approximate surface area is 174 Å². The van der Waals surface area contributed by atoms with Crippen molar-refractivity contribution in [2.45, 2.75) is 63.3 Å². The van der Waals surface area contributed by atoms with Crippen molar-refractivity contribution >= 4 is 31.0 Å². The fourth-order valence-electron chi connectivity index (χ4n) is 4.70. The largest absolute Gasteiger partial charge is 0.543 e. The lowest BCUT2D eigenvalue weighted by Gasteiger charge is -2.42. The molecule has 0 saturated carbocycles. The molecule has 0 radical (unpaired) electrons. The highest BCUT2D eigenvalue weighted by molar-refractivity contribution is 7.98. The summed E-state index contributed by atoms with van der Waals surface area (Å²) < 4.78 is 13.1. The van der Waals surface area contributed by atoms with Gasteiger partial charge in [-0.1, -0.05) is 83.6 Å². The maximum absolute atomic E-state index is 6.92. The fraction of sp³-hybridized carbons (Fsp3) is 0.417. The lowest BCUT2D eigenvalue weighted by Crippen LogP contribution is -2.50. The smallest absolute Gasteiger partial charge is 0.258 e. The van der Waals surface area contributed by atoms with Crippen molar-refractivity contribution in [3.05, 3.63) is 48.5 Å². The average Bonchev–Trinajstić information content (AvgIpc) is 3.03. The van der Waals surface area contributed by atoms with Crippen LogP contribution in [0.5, 0.6) is 5.75 Å². The van der Waals surface area contributed by atoms with Crippen molar-refractivity contribution in [2.75, 3.05) is 6.26 Å². The Kier molecular flexibility index (Phi) is 6.30. The molecule has 2 aromatic carbocycles. The van der Waals surface area contributed by atoms with Gasteiger partial charge in [0.15, 0.2) is 5.09 Å². The molecule has 1 aromatic heterocycles. The molecule has 0 fully saturated rings. The van der Waals surface area contributed by atoms with Gasteiger partial charge in [0.1, 0.15) is 11.3 Å². The second-order valence-corrected chi connectivity index (χ2v) is 14.6. The van der Waals surface area contributed by atoms with Crippen molar-refractivity contribution in [1.29, 1.82) is 0 Å². The molecule has 0 unspecified atom stereocenters. The van der Waals surface area contributed by atoms with Crippen LogP contribution in [0.4, 0.5) is 0 Å². The van der Waals surface area contributed by atoms with Crippen LogP contribution in [0.3, 0.4) is 0 Å². The zero-order valence-electron chi connectivity index (χ0n) is 18.1. The van der Waals surface area contributed by atoms with Gasteiger partial charge in [0, 0.05) is 10.9 Å². The summed E-state index contributed by atoms with van der Waals surface area (Å²) in [5.74, 6) is 0.973. The third-order valence-corrected chi connectivity index (χ3v) is 12.5. The van der Waals surface area contributed by atoms with E-state index < -0.39 is 8.32 Å². The first kappa shape index (κ1) is 21.1. The highest BCUT2D eigenvalue weighted by atomic mass is 32.2. The Bertz CT molecular complexity index is 907. The third kappa shape index (κ3) is 3.64. The van der Waals surface area contributed by atoms with E-state index >= 15 is 0 Å². The van der Waals surface area contributed by atoms with Gasteiger partial charge in [-0.25, -0.2) is 0 Å². The predicted octanol–water partition coefficient (Wildman–Crippen LogP) is 8.38. The maximum Gasteiger partial charge on any atom is 0.258 e. The SMILES string of the molecule is CSc1oc2ccc(O[Si](C(C)C)(C(C)C)C(C)C)cc2c1-c1ccccc1. The molecule has 0 aliphatic heterocycles. The maximum atomic E-state index is 6.92. The fourth-order valence-corrected chi connectivity index (χ4v) is 10.5. The van der Waals surface area contributed by atoms with Crippen LogP contribution in [0, 0.1) is 0 Å². The number of furan rings is 1. The number of hydrogen-bond acceptors (Lipinski definition) is 3. The van der Waals surface area contributed by atoms with Crippen molar-refractivity contribution in [1.82, 2.24) is 0 Å². The Balaban J connectivity index is 2.14. The summed E-state index contributed by atoms with van der Waals surface area (Å²) in [6.45, 7) is 13.9. The minimum atomic E-state index is -1.99. The predicted molar refractivity (Wildman–Crippen MR) is 125 cm³/mol. The summed E-state index contributed by atoms with van der Waals surface area (Å²) in [4.78, 5) is 0. The van der Waals surface area contributed by atoms with Crippen LogP contribution >= 0.6 is 11.8 Å². The molecule has 2 nitrogen and oxygen atoms in total. The van der Waals surface area contributed by atoms with Crippen LogP contribution in [-0.4, -0.2) is 14.6 Å². The summed E-state index contributed by atoms with van der Waals surface area (Å²) in [6, 6.07) is 16.8. The first-order chi connectivity index (χ1) is 13.3. The van der Waals surface area contributed by atoms with E-state index in [1.54, 1.807) is 11.8 Å². The molecule has 0 aliphatic carbocycles. The zero-order valence-corrected chi connectivity index (χ0v) is 19.9. The van der Waals surface area contributed by atoms with Crippen molar-refractivity contribution in [3.63, 3.8) is 0 Å². The van der Waals surface area contributed by atoms with Gasteiger partial charge in [0.2, 0.25) is 0 Å². The van der Waals surface area contributed by atoms with Crippen LogP contribution in [0.15, 0.2) is 58.0 Å². The lowest BCUT2D eigenvalue weighted by atomic mass is 10.0. The van der Waals surface area contributed by atoms with Crippen LogP contribution in [-0.2, 0) is 0 Å². The minimum absolute atomic E-state index is 0.544. The standard InChI is InChI=1S/C24H32O2SSi/c1-16(2)28(17(3)4,18(5)6)26-20-13-14-22-21(15-20)23(24(25-22)27-7)19-11-9-8-10-12-19/h8-18H,1-7H3.